The second-order valence-corrected chi connectivity index (χ2v) is 5.60. The quantitative estimate of drug-likeness (QED) is 0.634. The average molecular weight is 253 g/mol. The highest BCUT2D eigenvalue weighted by Crippen LogP contribution is 2.13. The molecule has 0 radical (unpaired) electrons. The molecule has 5 heteroatoms. The van der Waals surface area contributed by atoms with Crippen LogP contribution in [0.4, 0.5) is 0 Å². The molecule has 0 bridgehead atoms. The lowest BCUT2D eigenvalue weighted by Crippen LogP contribution is -2.38. The molecule has 2 heterocycles. The Balaban J connectivity index is 1.95. The van der Waals surface area contributed by atoms with Crippen molar-refractivity contribution in [3.05, 3.63) is 38.5 Å². The normalized spacial score (nSPS) is 12.9. The minimum absolute atomic E-state index is 0.260. The van der Waals surface area contributed by atoms with Crippen molar-refractivity contribution in [3.63, 3.8) is 0 Å². The Hall–Kier alpha value is -0.750. The van der Waals surface area contributed by atoms with Gasteiger partial charge in [-0.1, -0.05) is 0 Å². The largest absolute Gasteiger partial charge is 0.271 e. The van der Waals surface area contributed by atoms with E-state index >= 15 is 0 Å². The summed E-state index contributed by atoms with van der Waals surface area (Å²) in [6.07, 6.45) is 1.84. The lowest BCUT2D eigenvalue weighted by molar-refractivity contribution is 0.519. The molecule has 0 saturated carbocycles. The van der Waals surface area contributed by atoms with Crippen LogP contribution in [0, 0.1) is 6.92 Å². The molecule has 2 aromatic rings. The zero-order valence-electron chi connectivity index (χ0n) is 9.14. The highest BCUT2D eigenvalue weighted by Gasteiger charge is 2.10. The van der Waals surface area contributed by atoms with Gasteiger partial charge in [0.05, 0.1) is 10.7 Å². The first-order valence-electron chi connectivity index (χ1n) is 5.16. The molecule has 2 aromatic heterocycles. The third-order valence-corrected chi connectivity index (χ3v) is 3.97. The van der Waals surface area contributed by atoms with E-state index < -0.39 is 0 Å². The summed E-state index contributed by atoms with van der Waals surface area (Å²) in [5, 5.41) is 7.47. The first kappa shape index (κ1) is 11.7. The first-order chi connectivity index (χ1) is 7.78. The van der Waals surface area contributed by atoms with Crippen LogP contribution in [0.2, 0.25) is 0 Å². The van der Waals surface area contributed by atoms with Crippen molar-refractivity contribution in [1.82, 2.24) is 10.4 Å². The summed E-state index contributed by atoms with van der Waals surface area (Å²) in [7, 11) is 0. The van der Waals surface area contributed by atoms with Crippen molar-refractivity contribution in [3.8, 4) is 0 Å². The van der Waals surface area contributed by atoms with Crippen molar-refractivity contribution >= 4 is 22.7 Å². The van der Waals surface area contributed by atoms with Gasteiger partial charge in [0.25, 0.3) is 0 Å². The number of hydrogen-bond acceptors (Lipinski definition) is 5. The molecule has 1 atom stereocenters. The fourth-order valence-corrected chi connectivity index (χ4v) is 2.94. The molecule has 0 aliphatic rings. The van der Waals surface area contributed by atoms with E-state index in [9.17, 15) is 0 Å². The number of aryl methyl sites for hydroxylation is 1. The van der Waals surface area contributed by atoms with Crippen molar-refractivity contribution in [2.45, 2.75) is 25.8 Å². The maximum Gasteiger partial charge on any atom is 0.0897 e. The van der Waals surface area contributed by atoms with E-state index in [0.29, 0.717) is 0 Å². The topological polar surface area (TPSA) is 50.9 Å². The van der Waals surface area contributed by atoms with E-state index in [-0.39, 0.29) is 6.04 Å². The van der Waals surface area contributed by atoms with Gasteiger partial charge < -0.3 is 0 Å². The zero-order valence-corrected chi connectivity index (χ0v) is 10.8. The second kappa shape index (κ2) is 5.54. The van der Waals surface area contributed by atoms with Gasteiger partial charge in [-0.05, 0) is 35.7 Å². The Morgan fingerprint density at radius 1 is 1.44 bits per heavy atom. The van der Waals surface area contributed by atoms with E-state index in [1.165, 1.54) is 5.56 Å². The molecule has 16 heavy (non-hydrogen) atoms. The van der Waals surface area contributed by atoms with Gasteiger partial charge in [0, 0.05) is 17.8 Å². The van der Waals surface area contributed by atoms with Gasteiger partial charge in [0.1, 0.15) is 0 Å². The number of hydrazine groups is 1. The fraction of sp³-hybridized carbons (Fsp3) is 0.364. The number of nitrogens with one attached hydrogen (secondary N) is 1. The second-order valence-electron chi connectivity index (χ2n) is 3.76. The molecule has 0 aliphatic heterocycles. The number of aromatic nitrogens is 1. The molecule has 2 rings (SSSR count). The number of thiazole rings is 1. The molecule has 86 valence electrons. The Labute approximate surface area is 103 Å². The van der Waals surface area contributed by atoms with Crippen molar-refractivity contribution < 1.29 is 0 Å². The Morgan fingerprint density at radius 2 is 2.31 bits per heavy atom. The number of hydrogen-bond donors (Lipinski definition) is 2. The van der Waals surface area contributed by atoms with Gasteiger partial charge in [-0.25, -0.2) is 4.98 Å². The summed E-state index contributed by atoms with van der Waals surface area (Å²) in [5.41, 5.74) is 5.33. The summed E-state index contributed by atoms with van der Waals surface area (Å²) in [6, 6.07) is 2.40. The van der Waals surface area contributed by atoms with Crippen molar-refractivity contribution in [2.24, 2.45) is 5.84 Å². The fourth-order valence-electron chi connectivity index (χ4n) is 1.64. The van der Waals surface area contributed by atoms with Crippen LogP contribution >= 0.6 is 22.7 Å². The first-order valence-corrected chi connectivity index (χ1v) is 6.98. The van der Waals surface area contributed by atoms with Gasteiger partial charge in [0.15, 0.2) is 0 Å². The van der Waals surface area contributed by atoms with E-state index in [2.05, 4.69) is 32.6 Å². The molecule has 0 fully saturated rings. The lowest BCUT2D eigenvalue weighted by atomic mass is 10.1. The molecule has 0 aliphatic carbocycles. The zero-order chi connectivity index (χ0) is 11.4. The molecule has 3 nitrogen and oxygen atoms in total. The molecule has 0 aromatic carbocycles. The van der Waals surface area contributed by atoms with Crippen molar-refractivity contribution in [1.29, 1.82) is 0 Å². The molecular formula is C11H15N3S2. The van der Waals surface area contributed by atoms with Crippen LogP contribution in [-0.4, -0.2) is 11.0 Å². The molecule has 3 N–H and O–H groups in total. The van der Waals surface area contributed by atoms with Crippen molar-refractivity contribution in [2.75, 3.05) is 0 Å². The summed E-state index contributed by atoms with van der Waals surface area (Å²) >= 11 is 3.41. The number of rotatable bonds is 5. The van der Waals surface area contributed by atoms with E-state index in [1.54, 1.807) is 22.7 Å². The summed E-state index contributed by atoms with van der Waals surface area (Å²) in [4.78, 5) is 4.45. The van der Waals surface area contributed by atoms with Gasteiger partial charge in [-0.3, -0.25) is 11.3 Å². The summed E-state index contributed by atoms with van der Waals surface area (Å²) < 4.78 is 0. The van der Waals surface area contributed by atoms with Gasteiger partial charge >= 0.3 is 0 Å². The number of thiophene rings is 1. The molecule has 1 unspecified atom stereocenters. The summed E-state index contributed by atoms with van der Waals surface area (Å²) in [5.74, 6) is 5.57. The van der Waals surface area contributed by atoms with E-state index in [0.717, 1.165) is 23.5 Å². The minimum Gasteiger partial charge on any atom is -0.271 e. The predicted octanol–water partition coefficient (Wildman–Crippen LogP) is 2.13. The van der Waals surface area contributed by atoms with E-state index in [1.807, 2.05) is 6.92 Å². The molecule has 0 amide bonds. The van der Waals surface area contributed by atoms with Crippen LogP contribution in [0.1, 0.15) is 16.3 Å². The highest BCUT2D eigenvalue weighted by molar-refractivity contribution is 7.09. The number of nitrogens with zero attached hydrogens (tertiary/aromatic N) is 1. The molecular weight excluding hydrogens is 238 g/mol. The van der Waals surface area contributed by atoms with Crippen LogP contribution in [0.15, 0.2) is 22.2 Å². The maximum absolute atomic E-state index is 5.57. The van der Waals surface area contributed by atoms with Gasteiger partial charge in [-0.2, -0.15) is 11.3 Å². The van der Waals surface area contributed by atoms with E-state index in [4.69, 9.17) is 5.84 Å². The number of nitrogens with two attached hydrogens (primary N) is 1. The SMILES string of the molecule is Cc1nc(CC(Cc2ccsc2)NN)cs1. The van der Waals surface area contributed by atoms with Crippen LogP contribution in [0.25, 0.3) is 0 Å². The molecule has 0 spiro atoms. The smallest absolute Gasteiger partial charge is 0.0897 e. The third kappa shape index (κ3) is 3.12. The lowest BCUT2D eigenvalue weighted by Gasteiger charge is -2.13. The standard InChI is InChI=1S/C11H15N3S2/c1-8-13-11(7-16-8)5-10(14-12)4-9-2-3-15-6-9/h2-3,6-7,10,14H,4-5,12H2,1H3. The highest BCUT2D eigenvalue weighted by atomic mass is 32.1. The minimum atomic E-state index is 0.260. The Kier molecular flexibility index (Phi) is 4.06. The molecule has 0 saturated heterocycles. The van der Waals surface area contributed by atoms with Crippen LogP contribution < -0.4 is 11.3 Å². The van der Waals surface area contributed by atoms with Gasteiger partial charge in [-0.15, -0.1) is 11.3 Å². The van der Waals surface area contributed by atoms with Crippen LogP contribution in [0.3, 0.4) is 0 Å². The summed E-state index contributed by atoms with van der Waals surface area (Å²) in [6.45, 7) is 2.03. The Bertz CT molecular complexity index is 422. The Morgan fingerprint density at radius 3 is 2.88 bits per heavy atom. The average Bonchev–Trinajstić information content (AvgIpc) is 2.89. The van der Waals surface area contributed by atoms with Gasteiger partial charge in [0.2, 0.25) is 0 Å². The third-order valence-electron chi connectivity index (χ3n) is 2.42. The monoisotopic (exact) mass is 253 g/mol. The maximum atomic E-state index is 5.57. The van der Waals surface area contributed by atoms with Crippen LogP contribution in [-0.2, 0) is 12.8 Å². The van der Waals surface area contributed by atoms with Crippen LogP contribution in [0.5, 0.6) is 0 Å². The predicted molar refractivity (Wildman–Crippen MR) is 69.7 cm³/mol.